The second kappa shape index (κ2) is 26.0. The maximum absolute atomic E-state index is 12.2. The summed E-state index contributed by atoms with van der Waals surface area (Å²) in [5.74, 6) is 0. The molecule has 0 aliphatic heterocycles. The van der Waals surface area contributed by atoms with Gasteiger partial charge in [0, 0.05) is 11.4 Å². The van der Waals surface area contributed by atoms with Gasteiger partial charge >= 0.3 is 6.09 Å². The molecule has 0 aliphatic carbocycles. The predicted molar refractivity (Wildman–Crippen MR) is 140 cm³/mol. The summed E-state index contributed by atoms with van der Waals surface area (Å²) in [6.07, 6.45) is 26.4. The van der Waals surface area contributed by atoms with Gasteiger partial charge in [0.25, 0.3) is 0 Å². The third-order valence-corrected chi connectivity index (χ3v) is 6.71. The number of unbranched alkanes of at least 4 members (excludes halogenated alkanes) is 16. The van der Waals surface area contributed by atoms with Gasteiger partial charge in [-0.05, 0) is 25.7 Å². The van der Waals surface area contributed by atoms with Crippen LogP contribution in [0.5, 0.6) is 0 Å². The first kappa shape index (κ1) is 30.8. The average Bonchev–Trinajstić information content (AvgIpc) is 2.77. The van der Waals surface area contributed by atoms with Crippen LogP contribution >= 0.6 is 15.9 Å². The Morgan fingerprint density at radius 1 is 0.645 bits per heavy atom. The summed E-state index contributed by atoms with van der Waals surface area (Å²) in [6.45, 7) is 5.08. The number of halogens is 1. The number of hydrogen-bond acceptors (Lipinski definition) is 2. The van der Waals surface area contributed by atoms with Gasteiger partial charge in [-0.2, -0.15) is 0 Å². The van der Waals surface area contributed by atoms with Crippen molar-refractivity contribution in [3.05, 3.63) is 0 Å². The number of rotatable bonds is 24. The molecule has 0 aromatic carbocycles. The number of alkyl carbamates (subject to hydrolysis) is 1. The van der Waals surface area contributed by atoms with E-state index in [0.29, 0.717) is 6.61 Å². The number of alkyl halides is 1. The van der Waals surface area contributed by atoms with Gasteiger partial charge in [-0.3, -0.25) is 0 Å². The molecule has 0 saturated heterocycles. The Labute approximate surface area is 203 Å². The van der Waals surface area contributed by atoms with Crippen molar-refractivity contribution in [2.45, 2.75) is 155 Å². The van der Waals surface area contributed by atoms with E-state index in [1.807, 2.05) is 0 Å². The van der Waals surface area contributed by atoms with Crippen LogP contribution in [-0.4, -0.2) is 24.1 Å². The highest BCUT2D eigenvalue weighted by atomic mass is 79.9. The fourth-order valence-corrected chi connectivity index (χ4v) is 4.48. The van der Waals surface area contributed by atoms with Gasteiger partial charge in [0.2, 0.25) is 0 Å². The highest BCUT2D eigenvalue weighted by molar-refractivity contribution is 9.09. The number of nitrogens with one attached hydrogen (secondary N) is 1. The number of hydrogen-bond donors (Lipinski definition) is 1. The van der Waals surface area contributed by atoms with E-state index in [4.69, 9.17) is 4.74 Å². The van der Waals surface area contributed by atoms with Crippen LogP contribution in [0.4, 0.5) is 4.79 Å². The summed E-state index contributed by atoms with van der Waals surface area (Å²) in [6, 6.07) is 0.290. The molecule has 0 heterocycles. The van der Waals surface area contributed by atoms with Crippen LogP contribution in [0.2, 0.25) is 0 Å². The Morgan fingerprint density at radius 2 is 1.06 bits per heavy atom. The quantitative estimate of drug-likeness (QED) is 0.105. The summed E-state index contributed by atoms with van der Waals surface area (Å²) in [4.78, 5) is 12.2. The van der Waals surface area contributed by atoms with Crippen LogP contribution in [0.1, 0.15) is 149 Å². The average molecular weight is 505 g/mol. The fourth-order valence-electron chi connectivity index (χ4n) is 4.08. The van der Waals surface area contributed by atoms with Crippen molar-refractivity contribution >= 4 is 22.0 Å². The Kier molecular flexibility index (Phi) is 25.8. The van der Waals surface area contributed by atoms with E-state index in [9.17, 15) is 4.79 Å². The minimum atomic E-state index is -0.198. The van der Waals surface area contributed by atoms with Crippen LogP contribution < -0.4 is 5.32 Å². The minimum absolute atomic E-state index is 0.198. The summed E-state index contributed by atoms with van der Waals surface area (Å²) < 4.78 is 5.46. The van der Waals surface area contributed by atoms with E-state index in [1.54, 1.807) is 0 Å². The van der Waals surface area contributed by atoms with Crippen molar-refractivity contribution < 1.29 is 9.53 Å². The molecule has 3 nitrogen and oxygen atoms in total. The van der Waals surface area contributed by atoms with Crippen molar-refractivity contribution in [2.75, 3.05) is 11.9 Å². The lowest BCUT2D eigenvalue weighted by Gasteiger charge is -2.19. The molecule has 0 fully saturated rings. The first-order valence-corrected chi connectivity index (χ1v) is 14.9. The molecule has 0 aromatic heterocycles. The van der Waals surface area contributed by atoms with Gasteiger partial charge < -0.3 is 10.1 Å². The Morgan fingerprint density at radius 3 is 1.58 bits per heavy atom. The zero-order chi connectivity index (χ0) is 22.8. The summed E-state index contributed by atoms with van der Waals surface area (Å²) in [5, 5.41) is 4.28. The molecule has 31 heavy (non-hydrogen) atoms. The molecule has 1 N–H and O–H groups in total. The topological polar surface area (TPSA) is 38.3 Å². The maximum Gasteiger partial charge on any atom is 0.407 e. The van der Waals surface area contributed by atoms with Crippen molar-refractivity contribution in [1.82, 2.24) is 5.32 Å². The monoisotopic (exact) mass is 503 g/mol. The van der Waals surface area contributed by atoms with E-state index in [2.05, 4.69) is 35.1 Å². The second-order valence-corrected chi connectivity index (χ2v) is 10.0. The molecule has 0 aromatic rings. The fraction of sp³-hybridized carbons (Fsp3) is 0.963. The lowest BCUT2D eigenvalue weighted by molar-refractivity contribution is 0.138. The van der Waals surface area contributed by atoms with Crippen molar-refractivity contribution in [3.8, 4) is 0 Å². The molecule has 0 spiro atoms. The molecule has 1 unspecified atom stereocenters. The molecule has 1 atom stereocenters. The highest BCUT2D eigenvalue weighted by Gasteiger charge is 2.13. The van der Waals surface area contributed by atoms with E-state index in [0.717, 1.165) is 31.0 Å². The van der Waals surface area contributed by atoms with Crippen LogP contribution in [0.15, 0.2) is 0 Å². The van der Waals surface area contributed by atoms with Crippen LogP contribution in [-0.2, 0) is 4.74 Å². The summed E-state index contributed by atoms with van der Waals surface area (Å²) >= 11 is 3.47. The van der Waals surface area contributed by atoms with Crippen molar-refractivity contribution in [1.29, 1.82) is 0 Å². The number of carbonyl (C=O) groups is 1. The first-order valence-electron chi connectivity index (χ1n) is 13.7. The summed E-state index contributed by atoms with van der Waals surface area (Å²) in [5.41, 5.74) is 0. The second-order valence-electron chi connectivity index (χ2n) is 9.25. The molecular formula is C27H54BrNO2. The van der Waals surface area contributed by atoms with Crippen LogP contribution in [0.25, 0.3) is 0 Å². The Bertz CT molecular complexity index is 365. The third-order valence-electron chi connectivity index (χ3n) is 6.15. The van der Waals surface area contributed by atoms with Gasteiger partial charge in [-0.25, -0.2) is 4.79 Å². The smallest absolute Gasteiger partial charge is 0.407 e. The van der Waals surface area contributed by atoms with Gasteiger partial charge in [-0.1, -0.05) is 139 Å². The lowest BCUT2D eigenvalue weighted by atomic mass is 10.0. The molecule has 0 aliphatic rings. The van der Waals surface area contributed by atoms with Gasteiger partial charge in [0.15, 0.2) is 0 Å². The Balaban J connectivity index is 3.89. The largest absolute Gasteiger partial charge is 0.450 e. The molecule has 0 saturated carbocycles. The molecule has 0 radical (unpaired) electrons. The van der Waals surface area contributed by atoms with Gasteiger partial charge in [0.05, 0.1) is 6.61 Å². The number of amides is 1. The SMILES string of the molecule is CCCCCCCCCCCC(CCCCCC)NC(=O)OCCCCCCCCBr. The normalized spacial score (nSPS) is 12.1. The third kappa shape index (κ3) is 24.2. The van der Waals surface area contributed by atoms with Crippen LogP contribution in [0, 0.1) is 0 Å². The first-order chi connectivity index (χ1) is 15.2. The molecule has 4 heteroatoms. The van der Waals surface area contributed by atoms with Crippen molar-refractivity contribution in [2.24, 2.45) is 0 Å². The zero-order valence-electron chi connectivity index (χ0n) is 21.0. The molecule has 1 amide bonds. The van der Waals surface area contributed by atoms with Crippen LogP contribution in [0.3, 0.4) is 0 Å². The lowest BCUT2D eigenvalue weighted by Crippen LogP contribution is -2.35. The Hall–Kier alpha value is -0.250. The van der Waals surface area contributed by atoms with Gasteiger partial charge in [-0.15, -0.1) is 0 Å². The molecule has 0 bridgehead atoms. The van der Waals surface area contributed by atoms with E-state index >= 15 is 0 Å². The van der Waals surface area contributed by atoms with E-state index < -0.39 is 0 Å². The summed E-state index contributed by atoms with van der Waals surface area (Å²) in [7, 11) is 0. The minimum Gasteiger partial charge on any atom is -0.450 e. The zero-order valence-corrected chi connectivity index (χ0v) is 22.6. The van der Waals surface area contributed by atoms with Gasteiger partial charge in [0.1, 0.15) is 0 Å². The standard InChI is InChI=1S/C27H54BrNO2/c1-3-5-7-9-10-11-12-15-19-23-26(22-18-8-6-4-2)29-27(30)31-25-21-17-14-13-16-20-24-28/h26H,3-25H2,1-2H3,(H,29,30). The molecule has 186 valence electrons. The molecule has 0 rings (SSSR count). The van der Waals surface area contributed by atoms with E-state index in [1.165, 1.54) is 109 Å². The number of carbonyl (C=O) groups excluding carboxylic acids is 1. The predicted octanol–water partition coefficient (Wildman–Crippen LogP) is 9.71. The number of ether oxygens (including phenoxy) is 1. The highest BCUT2D eigenvalue weighted by Crippen LogP contribution is 2.15. The molecular weight excluding hydrogens is 450 g/mol. The van der Waals surface area contributed by atoms with Crippen molar-refractivity contribution in [3.63, 3.8) is 0 Å². The maximum atomic E-state index is 12.2. The van der Waals surface area contributed by atoms with E-state index in [-0.39, 0.29) is 12.1 Å².